The zero-order chi connectivity index (χ0) is 13.8. The molecule has 0 bridgehead atoms. The molecule has 0 aliphatic heterocycles. The third-order valence-electron chi connectivity index (χ3n) is 2.46. The predicted molar refractivity (Wildman–Crippen MR) is 78.4 cm³/mol. The van der Waals surface area contributed by atoms with Gasteiger partial charge < -0.3 is 15.5 Å². The molecule has 0 aliphatic carbocycles. The van der Waals surface area contributed by atoms with Crippen LogP contribution in [0.15, 0.2) is 24.3 Å². The second-order valence-electron chi connectivity index (χ2n) is 4.04. The Balaban J connectivity index is 2.33. The lowest BCUT2D eigenvalue weighted by Gasteiger charge is -2.17. The Labute approximate surface area is 116 Å². The van der Waals surface area contributed by atoms with E-state index in [0.717, 1.165) is 11.4 Å². The Bertz CT molecular complexity index is 572. The number of hydrogen-bond acceptors (Lipinski definition) is 6. The van der Waals surface area contributed by atoms with E-state index < -0.39 is 0 Å². The number of aromatic nitrogens is 3. The molecule has 0 saturated heterocycles. The maximum atomic E-state index is 5.84. The van der Waals surface area contributed by atoms with E-state index in [1.54, 1.807) is 7.05 Å². The molecule has 0 amide bonds. The van der Waals surface area contributed by atoms with Crippen molar-refractivity contribution in [3.63, 3.8) is 0 Å². The van der Waals surface area contributed by atoms with Gasteiger partial charge in [-0.3, -0.25) is 0 Å². The van der Waals surface area contributed by atoms with Gasteiger partial charge in [0.25, 0.3) is 0 Å². The summed E-state index contributed by atoms with van der Waals surface area (Å²) in [4.78, 5) is 14.2. The van der Waals surface area contributed by atoms with Crippen molar-refractivity contribution in [3.05, 3.63) is 29.5 Å². The first-order chi connectivity index (χ1) is 9.10. The van der Waals surface area contributed by atoms with Crippen molar-refractivity contribution in [2.75, 3.05) is 36.7 Å². The molecule has 6 nitrogen and oxygen atoms in total. The molecule has 0 fully saturated rings. The molecule has 0 saturated carbocycles. The molecule has 0 spiro atoms. The summed E-state index contributed by atoms with van der Waals surface area (Å²) in [5.74, 6) is 0.823. The van der Waals surface area contributed by atoms with Crippen LogP contribution in [0.5, 0.6) is 0 Å². The van der Waals surface area contributed by atoms with Gasteiger partial charge in [-0.15, -0.1) is 0 Å². The number of nitrogens with one attached hydrogen (secondary N) is 2. The summed E-state index contributed by atoms with van der Waals surface area (Å²) >= 11 is 5.84. The number of benzene rings is 1. The largest absolute Gasteiger partial charge is 0.376 e. The van der Waals surface area contributed by atoms with E-state index in [1.165, 1.54) is 0 Å². The van der Waals surface area contributed by atoms with Crippen LogP contribution in [-0.2, 0) is 0 Å². The fourth-order valence-electron chi connectivity index (χ4n) is 1.61. The van der Waals surface area contributed by atoms with Gasteiger partial charge in [-0.2, -0.15) is 15.0 Å². The van der Waals surface area contributed by atoms with E-state index in [4.69, 9.17) is 11.6 Å². The van der Waals surface area contributed by atoms with E-state index in [-0.39, 0.29) is 5.28 Å². The molecule has 19 heavy (non-hydrogen) atoms. The van der Waals surface area contributed by atoms with Gasteiger partial charge in [0, 0.05) is 21.1 Å². The van der Waals surface area contributed by atoms with Gasteiger partial charge in [0.2, 0.25) is 17.2 Å². The topological polar surface area (TPSA) is 66.0 Å². The molecule has 1 aromatic carbocycles. The molecular weight excluding hydrogens is 264 g/mol. The number of anilines is 4. The zero-order valence-electron chi connectivity index (χ0n) is 11.0. The fourth-order valence-corrected chi connectivity index (χ4v) is 1.77. The van der Waals surface area contributed by atoms with Crippen LogP contribution in [0.2, 0.25) is 5.28 Å². The second-order valence-corrected chi connectivity index (χ2v) is 4.38. The maximum Gasteiger partial charge on any atom is 0.233 e. The molecule has 2 N–H and O–H groups in total. The van der Waals surface area contributed by atoms with Gasteiger partial charge in [0.05, 0.1) is 11.4 Å². The summed E-state index contributed by atoms with van der Waals surface area (Å²) in [5, 5.41) is 6.12. The molecule has 2 aromatic rings. The predicted octanol–water partition coefficient (Wildman–Crippen LogP) is 2.38. The van der Waals surface area contributed by atoms with Crippen LogP contribution in [0, 0.1) is 0 Å². The Morgan fingerprint density at radius 1 is 1.05 bits per heavy atom. The molecular formula is C12H15ClN6. The van der Waals surface area contributed by atoms with Crippen molar-refractivity contribution < 1.29 is 0 Å². The van der Waals surface area contributed by atoms with E-state index in [2.05, 4.69) is 25.6 Å². The SMILES string of the molecule is CNc1nc(Cl)nc(Nc2ccccc2N(C)C)n1. The number of nitrogens with zero attached hydrogens (tertiary/aromatic N) is 4. The van der Waals surface area contributed by atoms with Crippen LogP contribution >= 0.6 is 11.6 Å². The Morgan fingerprint density at radius 3 is 2.42 bits per heavy atom. The fraction of sp³-hybridized carbons (Fsp3) is 0.250. The molecule has 1 aromatic heterocycles. The average Bonchev–Trinajstić information content (AvgIpc) is 2.38. The summed E-state index contributed by atoms with van der Waals surface area (Å²) in [6.07, 6.45) is 0. The highest BCUT2D eigenvalue weighted by molar-refractivity contribution is 6.28. The lowest BCUT2D eigenvalue weighted by molar-refractivity contribution is 1.05. The lowest BCUT2D eigenvalue weighted by Crippen LogP contribution is -2.11. The summed E-state index contributed by atoms with van der Waals surface area (Å²) < 4.78 is 0. The molecule has 0 atom stereocenters. The summed E-state index contributed by atoms with van der Waals surface area (Å²) in [5.41, 5.74) is 1.93. The molecule has 0 aliphatic rings. The van der Waals surface area contributed by atoms with Crippen LogP contribution in [0.25, 0.3) is 0 Å². The van der Waals surface area contributed by atoms with Crippen LogP contribution in [0.4, 0.5) is 23.3 Å². The van der Waals surface area contributed by atoms with Gasteiger partial charge in [-0.25, -0.2) is 0 Å². The molecule has 0 unspecified atom stereocenters. The monoisotopic (exact) mass is 278 g/mol. The van der Waals surface area contributed by atoms with E-state index in [9.17, 15) is 0 Å². The molecule has 1 heterocycles. The van der Waals surface area contributed by atoms with Crippen molar-refractivity contribution in [2.24, 2.45) is 0 Å². The minimum absolute atomic E-state index is 0.143. The summed E-state index contributed by atoms with van der Waals surface area (Å²) in [6, 6.07) is 7.87. The van der Waals surface area contributed by atoms with E-state index in [0.29, 0.717) is 11.9 Å². The number of halogens is 1. The average molecular weight is 279 g/mol. The van der Waals surface area contributed by atoms with Crippen molar-refractivity contribution >= 4 is 34.9 Å². The smallest absolute Gasteiger partial charge is 0.233 e. The highest BCUT2D eigenvalue weighted by Crippen LogP contribution is 2.26. The first-order valence-corrected chi connectivity index (χ1v) is 6.10. The standard InChI is InChI=1S/C12H15ClN6/c1-14-11-16-10(13)17-12(18-11)15-8-6-4-5-7-9(8)19(2)3/h4-7H,1-3H3,(H2,14,15,16,17,18). The van der Waals surface area contributed by atoms with Gasteiger partial charge in [-0.05, 0) is 23.7 Å². The summed E-state index contributed by atoms with van der Waals surface area (Å²) in [6.45, 7) is 0. The Morgan fingerprint density at radius 2 is 1.74 bits per heavy atom. The zero-order valence-corrected chi connectivity index (χ0v) is 11.7. The van der Waals surface area contributed by atoms with Gasteiger partial charge >= 0.3 is 0 Å². The quantitative estimate of drug-likeness (QED) is 0.895. The van der Waals surface area contributed by atoms with E-state index in [1.807, 2.05) is 43.3 Å². The van der Waals surface area contributed by atoms with Gasteiger partial charge in [-0.1, -0.05) is 12.1 Å². The molecule has 2 rings (SSSR count). The second kappa shape index (κ2) is 5.71. The van der Waals surface area contributed by atoms with Gasteiger partial charge in [0.1, 0.15) is 0 Å². The number of hydrogen-bond donors (Lipinski definition) is 2. The minimum atomic E-state index is 0.143. The number of rotatable bonds is 4. The van der Waals surface area contributed by atoms with Crippen LogP contribution in [0.1, 0.15) is 0 Å². The van der Waals surface area contributed by atoms with Crippen LogP contribution < -0.4 is 15.5 Å². The van der Waals surface area contributed by atoms with Crippen LogP contribution in [-0.4, -0.2) is 36.1 Å². The Hall–Kier alpha value is -2.08. The third kappa shape index (κ3) is 3.23. The van der Waals surface area contributed by atoms with Crippen molar-refractivity contribution in [1.29, 1.82) is 0 Å². The first-order valence-electron chi connectivity index (χ1n) is 5.73. The first kappa shape index (κ1) is 13.4. The highest BCUT2D eigenvalue weighted by Gasteiger charge is 2.08. The maximum absolute atomic E-state index is 5.84. The number of para-hydroxylation sites is 2. The molecule has 0 radical (unpaired) electrons. The van der Waals surface area contributed by atoms with Crippen molar-refractivity contribution in [3.8, 4) is 0 Å². The van der Waals surface area contributed by atoms with Crippen LogP contribution in [0.3, 0.4) is 0 Å². The highest BCUT2D eigenvalue weighted by atomic mass is 35.5. The van der Waals surface area contributed by atoms with Crippen molar-refractivity contribution in [1.82, 2.24) is 15.0 Å². The molecule has 7 heteroatoms. The van der Waals surface area contributed by atoms with Gasteiger partial charge in [0.15, 0.2) is 0 Å². The third-order valence-corrected chi connectivity index (χ3v) is 2.63. The van der Waals surface area contributed by atoms with E-state index >= 15 is 0 Å². The minimum Gasteiger partial charge on any atom is -0.376 e. The Kier molecular flexibility index (Phi) is 4.01. The van der Waals surface area contributed by atoms with Crippen molar-refractivity contribution in [2.45, 2.75) is 0 Å². The normalized spacial score (nSPS) is 10.1. The summed E-state index contributed by atoms with van der Waals surface area (Å²) in [7, 11) is 5.67. The molecule has 100 valence electrons. The lowest BCUT2D eigenvalue weighted by atomic mass is 10.2.